The summed E-state index contributed by atoms with van der Waals surface area (Å²) in [7, 11) is 2.14. The predicted octanol–water partition coefficient (Wildman–Crippen LogP) is 4.95. The van der Waals surface area contributed by atoms with Gasteiger partial charge in [-0.1, -0.05) is 36.4 Å². The Hall–Kier alpha value is -3.68. The fourth-order valence-electron chi connectivity index (χ4n) is 6.77. The van der Waals surface area contributed by atoms with Gasteiger partial charge in [0, 0.05) is 35.2 Å². The Labute approximate surface area is 228 Å². The molecule has 39 heavy (non-hydrogen) atoms. The molecular weight excluding hydrogens is 494 g/mol. The van der Waals surface area contributed by atoms with Gasteiger partial charge < -0.3 is 24.2 Å². The van der Waals surface area contributed by atoms with Crippen LogP contribution in [0.25, 0.3) is 0 Å². The number of aliphatic hydroxyl groups is 1. The molecule has 202 valence electrons. The average molecular weight is 528 g/mol. The Morgan fingerprint density at radius 2 is 1.69 bits per heavy atom. The summed E-state index contributed by atoms with van der Waals surface area (Å²) >= 11 is 0. The van der Waals surface area contributed by atoms with Crippen LogP contribution in [0, 0.1) is 11.8 Å². The fourth-order valence-corrected chi connectivity index (χ4v) is 6.77. The van der Waals surface area contributed by atoms with E-state index >= 15 is 0 Å². The van der Waals surface area contributed by atoms with Gasteiger partial charge in [0.05, 0.1) is 6.61 Å². The molecule has 4 atom stereocenters. The summed E-state index contributed by atoms with van der Waals surface area (Å²) in [6, 6.07) is 21.7. The molecule has 6 rings (SSSR count). The second-order valence-electron chi connectivity index (χ2n) is 10.8. The standard InChI is InChI=1S/C32H33NO6/c1-33(17-6-18-37-23-14-11-21(20-34)12-15-23)30-22-13-16-24(30)29(19-22)39-31(35)32(36)25-7-2-4-9-27(25)38-28-10-5-3-8-26(28)32/h2-5,7-12,14-15,20,22,24,29-30,36H,6,13,16-19H2,1H3. The lowest BCUT2D eigenvalue weighted by Crippen LogP contribution is -2.44. The summed E-state index contributed by atoms with van der Waals surface area (Å²) < 4.78 is 18.0. The second kappa shape index (κ2) is 10.5. The highest BCUT2D eigenvalue weighted by Gasteiger charge is 2.54. The topological polar surface area (TPSA) is 85.3 Å². The third-order valence-corrected chi connectivity index (χ3v) is 8.58. The van der Waals surface area contributed by atoms with E-state index in [1.54, 1.807) is 48.5 Å². The molecule has 2 bridgehead atoms. The number of fused-ring (bicyclic) bond motifs is 4. The van der Waals surface area contributed by atoms with Gasteiger partial charge in [0.25, 0.3) is 0 Å². The zero-order valence-corrected chi connectivity index (χ0v) is 22.0. The number of nitrogens with zero attached hydrogens (tertiary/aromatic N) is 1. The lowest BCUT2D eigenvalue weighted by Gasteiger charge is -2.35. The minimum atomic E-state index is -1.92. The number of carbonyl (C=O) groups excluding carboxylic acids is 2. The highest BCUT2D eigenvalue weighted by atomic mass is 16.6. The summed E-state index contributed by atoms with van der Waals surface area (Å²) in [4.78, 5) is 27.0. The largest absolute Gasteiger partial charge is 0.494 e. The molecule has 4 unspecified atom stereocenters. The van der Waals surface area contributed by atoms with E-state index in [0.717, 1.165) is 44.3 Å². The van der Waals surface area contributed by atoms with Crippen molar-refractivity contribution >= 4 is 12.3 Å². The SMILES string of the molecule is CN(CCCOc1ccc(C=O)cc1)C1C2CCC1C(OC(=O)C1(O)c3ccccc3Oc3ccccc31)C2. The van der Waals surface area contributed by atoms with E-state index in [1.165, 1.54) is 0 Å². The Morgan fingerprint density at radius 1 is 1.03 bits per heavy atom. The molecule has 2 saturated carbocycles. The minimum absolute atomic E-state index is 0.231. The number of aldehydes is 1. The second-order valence-corrected chi connectivity index (χ2v) is 10.8. The van der Waals surface area contributed by atoms with Crippen molar-refractivity contribution < 1.29 is 28.9 Å². The van der Waals surface area contributed by atoms with Gasteiger partial charge in [0.2, 0.25) is 5.60 Å². The van der Waals surface area contributed by atoms with Crippen LogP contribution in [0.4, 0.5) is 0 Å². The first-order chi connectivity index (χ1) is 19.0. The van der Waals surface area contributed by atoms with Gasteiger partial charge in [-0.25, -0.2) is 4.79 Å². The molecule has 1 N–H and O–H groups in total. The molecule has 1 heterocycles. The predicted molar refractivity (Wildman–Crippen MR) is 145 cm³/mol. The van der Waals surface area contributed by atoms with Crippen molar-refractivity contribution in [3.8, 4) is 17.2 Å². The highest BCUT2D eigenvalue weighted by molar-refractivity contribution is 5.88. The van der Waals surface area contributed by atoms with E-state index in [4.69, 9.17) is 14.2 Å². The van der Waals surface area contributed by atoms with Crippen molar-refractivity contribution in [2.45, 2.75) is 43.4 Å². The van der Waals surface area contributed by atoms with E-state index in [1.807, 2.05) is 24.3 Å². The zero-order valence-electron chi connectivity index (χ0n) is 22.0. The van der Waals surface area contributed by atoms with E-state index in [0.29, 0.717) is 46.8 Å². The van der Waals surface area contributed by atoms with Crippen LogP contribution in [0.1, 0.15) is 47.2 Å². The maximum absolute atomic E-state index is 13.8. The van der Waals surface area contributed by atoms with Crippen molar-refractivity contribution in [2.24, 2.45) is 11.8 Å². The van der Waals surface area contributed by atoms with Gasteiger partial charge in [-0.3, -0.25) is 4.79 Å². The van der Waals surface area contributed by atoms with E-state index in [2.05, 4.69) is 11.9 Å². The lowest BCUT2D eigenvalue weighted by atomic mass is 9.83. The third-order valence-electron chi connectivity index (χ3n) is 8.58. The number of rotatable bonds is 9. The van der Waals surface area contributed by atoms with Gasteiger partial charge >= 0.3 is 5.97 Å². The molecule has 7 heteroatoms. The van der Waals surface area contributed by atoms with Gasteiger partial charge in [0.15, 0.2) is 0 Å². The molecule has 0 amide bonds. The Kier molecular flexibility index (Phi) is 6.87. The Morgan fingerprint density at radius 3 is 2.36 bits per heavy atom. The number of hydrogen-bond acceptors (Lipinski definition) is 7. The molecule has 0 saturated heterocycles. The summed E-state index contributed by atoms with van der Waals surface area (Å²) in [5.74, 6) is 1.73. The van der Waals surface area contributed by atoms with Gasteiger partial charge in [-0.2, -0.15) is 0 Å². The van der Waals surface area contributed by atoms with Crippen LogP contribution in [0.2, 0.25) is 0 Å². The van der Waals surface area contributed by atoms with Crippen LogP contribution >= 0.6 is 0 Å². The fraction of sp³-hybridized carbons (Fsp3) is 0.375. The molecule has 1 aliphatic heterocycles. The average Bonchev–Trinajstić information content (AvgIpc) is 3.54. The maximum atomic E-state index is 13.8. The van der Waals surface area contributed by atoms with E-state index in [-0.39, 0.29) is 12.0 Å². The van der Waals surface area contributed by atoms with Crippen molar-refractivity contribution in [2.75, 3.05) is 20.2 Å². The van der Waals surface area contributed by atoms with Crippen LogP contribution in [0.5, 0.6) is 17.2 Å². The number of hydrogen-bond donors (Lipinski definition) is 1. The van der Waals surface area contributed by atoms with Crippen LogP contribution in [-0.4, -0.2) is 54.6 Å². The lowest BCUT2D eigenvalue weighted by molar-refractivity contribution is -0.171. The van der Waals surface area contributed by atoms with Gasteiger partial charge in [-0.15, -0.1) is 0 Å². The smallest absolute Gasteiger partial charge is 0.348 e. The summed E-state index contributed by atoms with van der Waals surface area (Å²) in [5, 5.41) is 11.9. The molecule has 3 aliphatic rings. The number of esters is 1. The quantitative estimate of drug-likeness (QED) is 0.239. The van der Waals surface area contributed by atoms with Gasteiger partial charge in [-0.05, 0) is 75.0 Å². The summed E-state index contributed by atoms with van der Waals surface area (Å²) in [5.41, 5.74) is -0.473. The zero-order chi connectivity index (χ0) is 27.0. The summed E-state index contributed by atoms with van der Waals surface area (Å²) in [6.45, 7) is 1.45. The molecule has 2 aliphatic carbocycles. The molecular formula is C32H33NO6. The number of ether oxygens (including phenoxy) is 3. The molecule has 7 nitrogen and oxygen atoms in total. The molecule has 3 aromatic rings. The minimum Gasteiger partial charge on any atom is -0.494 e. The maximum Gasteiger partial charge on any atom is 0.348 e. The van der Waals surface area contributed by atoms with Crippen molar-refractivity contribution in [1.82, 2.24) is 4.90 Å². The summed E-state index contributed by atoms with van der Waals surface area (Å²) in [6.07, 6.45) is 4.38. The van der Waals surface area contributed by atoms with Crippen LogP contribution in [-0.2, 0) is 15.1 Å². The van der Waals surface area contributed by atoms with E-state index in [9.17, 15) is 14.7 Å². The van der Waals surface area contributed by atoms with Crippen molar-refractivity contribution in [3.63, 3.8) is 0 Å². The van der Waals surface area contributed by atoms with Crippen LogP contribution < -0.4 is 9.47 Å². The first-order valence-electron chi connectivity index (χ1n) is 13.7. The molecule has 0 radical (unpaired) electrons. The first kappa shape index (κ1) is 25.6. The van der Waals surface area contributed by atoms with Gasteiger partial charge in [0.1, 0.15) is 29.6 Å². The number of para-hydroxylation sites is 2. The molecule has 0 aromatic heterocycles. The Balaban J connectivity index is 1.10. The number of benzene rings is 3. The highest BCUT2D eigenvalue weighted by Crippen LogP contribution is 2.51. The van der Waals surface area contributed by atoms with E-state index < -0.39 is 11.6 Å². The molecule has 3 aromatic carbocycles. The number of carbonyl (C=O) groups is 2. The normalized spacial score (nSPS) is 24.0. The third kappa shape index (κ3) is 4.60. The molecule has 2 fully saturated rings. The van der Waals surface area contributed by atoms with Crippen molar-refractivity contribution in [1.29, 1.82) is 0 Å². The molecule has 0 spiro atoms. The van der Waals surface area contributed by atoms with Crippen molar-refractivity contribution in [3.05, 3.63) is 89.5 Å². The Bertz CT molecular complexity index is 1310. The first-order valence-corrected chi connectivity index (χ1v) is 13.7. The monoisotopic (exact) mass is 527 g/mol. The van der Waals surface area contributed by atoms with Crippen LogP contribution in [0.3, 0.4) is 0 Å². The van der Waals surface area contributed by atoms with Crippen LogP contribution in [0.15, 0.2) is 72.8 Å².